The Labute approximate surface area is 135 Å². The zero-order valence-electron chi connectivity index (χ0n) is 11.1. The van der Waals surface area contributed by atoms with E-state index in [0.29, 0.717) is 17.1 Å². The standard InChI is InChI=1S/C14H14BrClN2OS/c1-18(2)14(19)11-4-3-10(16)6-12(11)17-7-9-5-13(15)20-8-9/h3-6,8,17H,7H2,1-2H3. The summed E-state index contributed by atoms with van der Waals surface area (Å²) in [5.41, 5.74) is 2.53. The van der Waals surface area contributed by atoms with Crippen molar-refractivity contribution in [1.82, 2.24) is 4.90 Å². The summed E-state index contributed by atoms with van der Waals surface area (Å²) in [6.07, 6.45) is 0. The van der Waals surface area contributed by atoms with Crippen molar-refractivity contribution in [1.29, 1.82) is 0 Å². The first-order valence-electron chi connectivity index (χ1n) is 5.95. The van der Waals surface area contributed by atoms with Crippen LogP contribution < -0.4 is 5.32 Å². The second-order valence-electron chi connectivity index (χ2n) is 4.50. The molecule has 2 aromatic rings. The second kappa shape index (κ2) is 6.61. The van der Waals surface area contributed by atoms with Crippen LogP contribution in [0.3, 0.4) is 0 Å². The van der Waals surface area contributed by atoms with Crippen molar-refractivity contribution in [2.45, 2.75) is 6.54 Å². The summed E-state index contributed by atoms with van der Waals surface area (Å²) in [7, 11) is 3.47. The monoisotopic (exact) mass is 372 g/mol. The lowest BCUT2D eigenvalue weighted by molar-refractivity contribution is 0.0828. The Bertz CT molecular complexity index is 627. The molecule has 0 aliphatic heterocycles. The summed E-state index contributed by atoms with van der Waals surface area (Å²) in [6, 6.07) is 7.30. The van der Waals surface area contributed by atoms with Crippen LogP contribution in [-0.2, 0) is 6.54 Å². The van der Waals surface area contributed by atoms with Crippen LogP contribution in [0.1, 0.15) is 15.9 Å². The number of amides is 1. The molecule has 1 aromatic carbocycles. The summed E-state index contributed by atoms with van der Waals surface area (Å²) < 4.78 is 1.09. The summed E-state index contributed by atoms with van der Waals surface area (Å²) in [5.74, 6) is -0.0457. The minimum atomic E-state index is -0.0457. The molecular weight excluding hydrogens is 360 g/mol. The third-order valence-corrected chi connectivity index (χ3v) is 4.51. The number of halogens is 2. The molecule has 6 heteroatoms. The largest absolute Gasteiger partial charge is 0.380 e. The van der Waals surface area contributed by atoms with Gasteiger partial charge in [-0.1, -0.05) is 11.6 Å². The van der Waals surface area contributed by atoms with Crippen LogP contribution in [0.25, 0.3) is 0 Å². The molecule has 0 aliphatic rings. The number of benzene rings is 1. The van der Waals surface area contributed by atoms with Gasteiger partial charge in [-0.3, -0.25) is 4.79 Å². The first-order valence-corrected chi connectivity index (χ1v) is 8.00. The Kier molecular flexibility index (Phi) is 5.07. The highest BCUT2D eigenvalue weighted by Gasteiger charge is 2.13. The smallest absolute Gasteiger partial charge is 0.255 e. The lowest BCUT2D eigenvalue weighted by atomic mass is 10.1. The molecule has 1 aromatic heterocycles. The molecule has 20 heavy (non-hydrogen) atoms. The maximum Gasteiger partial charge on any atom is 0.255 e. The quantitative estimate of drug-likeness (QED) is 0.857. The Balaban J connectivity index is 2.21. The van der Waals surface area contributed by atoms with E-state index in [4.69, 9.17) is 11.6 Å². The zero-order valence-corrected chi connectivity index (χ0v) is 14.3. The van der Waals surface area contributed by atoms with E-state index in [2.05, 4.69) is 32.7 Å². The van der Waals surface area contributed by atoms with E-state index >= 15 is 0 Å². The fraction of sp³-hybridized carbons (Fsp3) is 0.214. The van der Waals surface area contributed by atoms with Crippen molar-refractivity contribution in [2.24, 2.45) is 0 Å². The number of hydrogen-bond acceptors (Lipinski definition) is 3. The van der Waals surface area contributed by atoms with Crippen LogP contribution in [0, 0.1) is 0 Å². The van der Waals surface area contributed by atoms with Crippen molar-refractivity contribution < 1.29 is 4.79 Å². The maximum atomic E-state index is 12.1. The SMILES string of the molecule is CN(C)C(=O)c1ccc(Cl)cc1NCc1csc(Br)c1. The Morgan fingerprint density at radius 1 is 1.40 bits per heavy atom. The number of anilines is 1. The van der Waals surface area contributed by atoms with E-state index in [1.54, 1.807) is 48.5 Å². The van der Waals surface area contributed by atoms with Crippen molar-refractivity contribution in [2.75, 3.05) is 19.4 Å². The van der Waals surface area contributed by atoms with E-state index in [9.17, 15) is 4.79 Å². The molecule has 1 heterocycles. The second-order valence-corrected chi connectivity index (χ2v) is 7.23. The summed E-state index contributed by atoms with van der Waals surface area (Å²) in [6.45, 7) is 0.649. The number of hydrogen-bond donors (Lipinski definition) is 1. The molecule has 2 rings (SSSR count). The third kappa shape index (κ3) is 3.75. The molecule has 0 fully saturated rings. The topological polar surface area (TPSA) is 32.3 Å². The van der Waals surface area contributed by atoms with Gasteiger partial charge in [-0.05, 0) is 51.1 Å². The molecule has 0 radical (unpaired) electrons. The highest BCUT2D eigenvalue weighted by Crippen LogP contribution is 2.25. The van der Waals surface area contributed by atoms with E-state index in [1.807, 2.05) is 0 Å². The lowest BCUT2D eigenvalue weighted by Gasteiger charge is -2.15. The molecule has 0 unspecified atom stereocenters. The fourth-order valence-electron chi connectivity index (χ4n) is 1.73. The van der Waals surface area contributed by atoms with Gasteiger partial charge < -0.3 is 10.2 Å². The van der Waals surface area contributed by atoms with Crippen molar-refractivity contribution in [3.63, 3.8) is 0 Å². The van der Waals surface area contributed by atoms with E-state index < -0.39 is 0 Å². The minimum absolute atomic E-state index is 0.0457. The number of thiophene rings is 1. The lowest BCUT2D eigenvalue weighted by Crippen LogP contribution is -2.22. The van der Waals surface area contributed by atoms with Gasteiger partial charge in [-0.15, -0.1) is 11.3 Å². The molecule has 0 aliphatic carbocycles. The van der Waals surface area contributed by atoms with Gasteiger partial charge in [0.25, 0.3) is 5.91 Å². The van der Waals surface area contributed by atoms with Crippen LogP contribution in [0.2, 0.25) is 5.02 Å². The molecule has 3 nitrogen and oxygen atoms in total. The Morgan fingerprint density at radius 3 is 2.75 bits per heavy atom. The molecule has 0 saturated carbocycles. The van der Waals surface area contributed by atoms with E-state index in [0.717, 1.165) is 15.0 Å². The fourth-order valence-corrected chi connectivity index (χ4v) is 3.11. The van der Waals surface area contributed by atoms with Crippen LogP contribution in [0.15, 0.2) is 33.4 Å². The molecule has 0 saturated heterocycles. The molecule has 0 atom stereocenters. The predicted octanol–water partition coefficient (Wildman–Crippen LogP) is 4.48. The molecule has 106 valence electrons. The van der Waals surface area contributed by atoms with Crippen LogP contribution in [0.5, 0.6) is 0 Å². The van der Waals surface area contributed by atoms with Gasteiger partial charge in [0.1, 0.15) is 0 Å². The van der Waals surface area contributed by atoms with Gasteiger partial charge in [0.05, 0.1) is 9.35 Å². The first kappa shape index (κ1) is 15.4. The number of rotatable bonds is 4. The number of nitrogens with zero attached hydrogens (tertiary/aromatic N) is 1. The Hall–Kier alpha value is -1.04. The Morgan fingerprint density at radius 2 is 2.15 bits per heavy atom. The average molecular weight is 374 g/mol. The van der Waals surface area contributed by atoms with E-state index in [1.165, 1.54) is 0 Å². The number of carbonyl (C=O) groups is 1. The summed E-state index contributed by atoms with van der Waals surface area (Å²) in [5, 5.41) is 5.94. The average Bonchev–Trinajstić information content (AvgIpc) is 2.81. The van der Waals surface area contributed by atoms with E-state index in [-0.39, 0.29) is 5.91 Å². The highest BCUT2D eigenvalue weighted by molar-refractivity contribution is 9.11. The summed E-state index contributed by atoms with van der Waals surface area (Å²) >= 11 is 11.1. The maximum absolute atomic E-state index is 12.1. The predicted molar refractivity (Wildman–Crippen MR) is 88.8 cm³/mol. The highest BCUT2D eigenvalue weighted by atomic mass is 79.9. The van der Waals surface area contributed by atoms with Gasteiger partial charge in [0.15, 0.2) is 0 Å². The molecule has 1 N–H and O–H groups in total. The van der Waals surface area contributed by atoms with Crippen molar-refractivity contribution in [3.05, 3.63) is 49.6 Å². The number of nitrogens with one attached hydrogen (secondary N) is 1. The minimum Gasteiger partial charge on any atom is -0.380 e. The molecule has 0 bridgehead atoms. The van der Waals surface area contributed by atoms with Crippen molar-refractivity contribution >= 4 is 50.5 Å². The van der Waals surface area contributed by atoms with Crippen LogP contribution >= 0.6 is 38.9 Å². The van der Waals surface area contributed by atoms with Gasteiger partial charge in [-0.2, -0.15) is 0 Å². The van der Waals surface area contributed by atoms with Crippen molar-refractivity contribution in [3.8, 4) is 0 Å². The molecular formula is C14H14BrClN2OS. The first-order chi connectivity index (χ1) is 9.47. The van der Waals surface area contributed by atoms with Gasteiger partial charge in [-0.25, -0.2) is 0 Å². The molecule has 0 spiro atoms. The van der Waals surface area contributed by atoms with Gasteiger partial charge in [0.2, 0.25) is 0 Å². The van der Waals surface area contributed by atoms with Crippen LogP contribution in [0.4, 0.5) is 5.69 Å². The number of carbonyl (C=O) groups excluding carboxylic acids is 1. The van der Waals surface area contributed by atoms with Gasteiger partial charge in [0, 0.05) is 31.4 Å². The normalized spacial score (nSPS) is 10.4. The third-order valence-electron chi connectivity index (χ3n) is 2.72. The van der Waals surface area contributed by atoms with Gasteiger partial charge >= 0.3 is 0 Å². The molecule has 1 amide bonds. The summed E-state index contributed by atoms with van der Waals surface area (Å²) in [4.78, 5) is 13.7. The van der Waals surface area contributed by atoms with Crippen LogP contribution in [-0.4, -0.2) is 24.9 Å². The zero-order chi connectivity index (χ0) is 14.7.